The van der Waals surface area contributed by atoms with E-state index in [1.807, 2.05) is 30.3 Å². The first-order valence-corrected chi connectivity index (χ1v) is 9.50. The molecule has 1 aromatic carbocycles. The Kier molecular flexibility index (Phi) is 9.94. The van der Waals surface area contributed by atoms with E-state index in [9.17, 15) is 19.5 Å². The number of aliphatic hydroxyl groups is 1. The number of ether oxygens (including phenoxy) is 2. The van der Waals surface area contributed by atoms with Crippen LogP contribution in [0.5, 0.6) is 0 Å². The Morgan fingerprint density at radius 1 is 1.10 bits per heavy atom. The molecule has 9 heteroatoms. The summed E-state index contributed by atoms with van der Waals surface area (Å²) in [6, 6.07) is 8.43. The number of hydrogen-bond donors (Lipinski definition) is 4. The summed E-state index contributed by atoms with van der Waals surface area (Å²) in [6.45, 7) is 5.64. The highest BCUT2D eigenvalue weighted by molar-refractivity contribution is 5.80. The minimum Gasteiger partial charge on any atom is -0.445 e. The third-order valence-corrected chi connectivity index (χ3v) is 3.80. The number of nitrogens with two attached hydrogens (primary N) is 1. The van der Waals surface area contributed by atoms with Gasteiger partial charge in [-0.05, 0) is 45.6 Å². The molecule has 1 rings (SSSR count). The normalized spacial score (nSPS) is 13.1. The molecule has 9 nitrogen and oxygen atoms in total. The number of carbonyl (C=O) groups is 3. The summed E-state index contributed by atoms with van der Waals surface area (Å²) in [7, 11) is 0. The summed E-state index contributed by atoms with van der Waals surface area (Å²) in [5.41, 5.74) is 5.31. The van der Waals surface area contributed by atoms with Crippen molar-refractivity contribution in [2.45, 2.75) is 64.4 Å². The van der Waals surface area contributed by atoms with Crippen molar-refractivity contribution in [1.29, 1.82) is 0 Å². The van der Waals surface area contributed by atoms with Gasteiger partial charge in [0.25, 0.3) is 0 Å². The van der Waals surface area contributed by atoms with Crippen LogP contribution in [0.25, 0.3) is 0 Å². The Hall–Kier alpha value is -2.81. The number of unbranched alkanes of at least 4 members (excludes halogenated alkanes) is 1. The van der Waals surface area contributed by atoms with Crippen LogP contribution < -0.4 is 16.4 Å². The molecule has 0 bridgehead atoms. The molecule has 162 valence electrons. The molecule has 0 aliphatic heterocycles. The first kappa shape index (κ1) is 24.2. The number of primary amides is 1. The molecule has 0 radical (unpaired) electrons. The molecular weight excluding hydrogens is 378 g/mol. The van der Waals surface area contributed by atoms with Gasteiger partial charge in [-0.3, -0.25) is 4.79 Å². The molecule has 0 fully saturated rings. The lowest BCUT2D eigenvalue weighted by molar-refractivity contribution is -0.127. The van der Waals surface area contributed by atoms with Gasteiger partial charge in [0.05, 0.1) is 6.04 Å². The van der Waals surface area contributed by atoms with E-state index in [-0.39, 0.29) is 13.0 Å². The Morgan fingerprint density at radius 2 is 1.76 bits per heavy atom. The monoisotopic (exact) mass is 409 g/mol. The number of nitrogens with one attached hydrogen (secondary N) is 2. The van der Waals surface area contributed by atoms with Crippen molar-refractivity contribution < 1.29 is 29.0 Å². The zero-order valence-electron chi connectivity index (χ0n) is 17.1. The van der Waals surface area contributed by atoms with Crippen LogP contribution in [0.4, 0.5) is 9.59 Å². The molecule has 3 amide bonds. The Bertz CT molecular complexity index is 660. The van der Waals surface area contributed by atoms with Crippen LogP contribution in [0.1, 0.15) is 45.6 Å². The molecule has 1 unspecified atom stereocenters. The smallest absolute Gasteiger partial charge is 0.407 e. The second kappa shape index (κ2) is 11.9. The number of amides is 3. The fourth-order valence-electron chi connectivity index (χ4n) is 2.42. The van der Waals surface area contributed by atoms with Gasteiger partial charge in [-0.1, -0.05) is 30.3 Å². The minimum atomic E-state index is -1.54. The van der Waals surface area contributed by atoms with E-state index < -0.39 is 35.8 Å². The van der Waals surface area contributed by atoms with E-state index in [4.69, 9.17) is 15.2 Å². The van der Waals surface area contributed by atoms with Gasteiger partial charge >= 0.3 is 12.2 Å². The summed E-state index contributed by atoms with van der Waals surface area (Å²) < 4.78 is 10.2. The zero-order valence-corrected chi connectivity index (χ0v) is 17.1. The lowest BCUT2D eigenvalue weighted by Crippen LogP contribution is -2.50. The molecule has 0 aliphatic rings. The summed E-state index contributed by atoms with van der Waals surface area (Å²) in [4.78, 5) is 34.9. The predicted molar refractivity (Wildman–Crippen MR) is 107 cm³/mol. The van der Waals surface area contributed by atoms with E-state index in [0.29, 0.717) is 19.4 Å². The van der Waals surface area contributed by atoms with Crippen molar-refractivity contribution in [2.75, 3.05) is 6.54 Å². The molecule has 0 saturated heterocycles. The lowest BCUT2D eigenvalue weighted by Gasteiger charge is -2.25. The first-order chi connectivity index (χ1) is 13.6. The average molecular weight is 409 g/mol. The zero-order chi connectivity index (χ0) is 21.9. The maximum atomic E-state index is 11.9. The topological polar surface area (TPSA) is 140 Å². The highest BCUT2D eigenvalue weighted by atomic mass is 16.6. The SMILES string of the molecule is CC(C)(C)OC(=O)N[C@@H](CCCCNC(=O)OCc1ccccc1)C(O)C(N)=O. The van der Waals surface area contributed by atoms with E-state index in [1.165, 1.54) is 0 Å². The number of hydrogen-bond acceptors (Lipinski definition) is 6. The number of carbonyl (C=O) groups excluding carboxylic acids is 3. The first-order valence-electron chi connectivity index (χ1n) is 9.50. The molecule has 2 atom stereocenters. The lowest BCUT2D eigenvalue weighted by atomic mass is 10.0. The van der Waals surface area contributed by atoms with E-state index >= 15 is 0 Å². The Balaban J connectivity index is 2.33. The average Bonchev–Trinajstić information content (AvgIpc) is 2.63. The third-order valence-electron chi connectivity index (χ3n) is 3.80. The Labute approximate surface area is 170 Å². The van der Waals surface area contributed by atoms with Crippen molar-refractivity contribution in [2.24, 2.45) is 5.73 Å². The third kappa shape index (κ3) is 10.9. The number of benzene rings is 1. The van der Waals surface area contributed by atoms with Crippen molar-refractivity contribution in [3.05, 3.63) is 35.9 Å². The maximum absolute atomic E-state index is 11.9. The Morgan fingerprint density at radius 3 is 2.34 bits per heavy atom. The van der Waals surface area contributed by atoms with Crippen LogP contribution in [0.15, 0.2) is 30.3 Å². The number of alkyl carbamates (subject to hydrolysis) is 2. The van der Waals surface area contributed by atoms with Crippen molar-refractivity contribution in [3.8, 4) is 0 Å². The van der Waals surface area contributed by atoms with E-state index in [2.05, 4.69) is 10.6 Å². The standard InChI is InChI=1S/C20H31N3O6/c1-20(2,3)29-19(27)23-15(16(24)17(21)25)11-7-8-12-22-18(26)28-13-14-9-5-4-6-10-14/h4-6,9-10,15-16,24H,7-8,11-13H2,1-3H3,(H2,21,25)(H,22,26)(H,23,27)/t15-,16?/m0/s1. The van der Waals surface area contributed by atoms with Gasteiger partial charge in [0.15, 0.2) is 6.10 Å². The van der Waals surface area contributed by atoms with Gasteiger partial charge < -0.3 is 30.9 Å². The van der Waals surface area contributed by atoms with Crippen LogP contribution in [-0.4, -0.2) is 47.5 Å². The van der Waals surface area contributed by atoms with Crippen LogP contribution in [0.2, 0.25) is 0 Å². The molecule has 1 aromatic rings. The summed E-state index contributed by atoms with van der Waals surface area (Å²) >= 11 is 0. The molecule has 5 N–H and O–H groups in total. The van der Waals surface area contributed by atoms with E-state index in [0.717, 1.165) is 5.56 Å². The maximum Gasteiger partial charge on any atom is 0.407 e. The molecule has 0 aromatic heterocycles. The second-order valence-corrected chi connectivity index (χ2v) is 7.58. The van der Waals surface area contributed by atoms with Crippen LogP contribution >= 0.6 is 0 Å². The van der Waals surface area contributed by atoms with Gasteiger partial charge in [-0.2, -0.15) is 0 Å². The minimum absolute atomic E-state index is 0.180. The predicted octanol–water partition coefficient (Wildman–Crippen LogP) is 1.82. The largest absolute Gasteiger partial charge is 0.445 e. The number of aliphatic hydroxyl groups excluding tert-OH is 1. The second-order valence-electron chi connectivity index (χ2n) is 7.58. The molecule has 29 heavy (non-hydrogen) atoms. The summed E-state index contributed by atoms with van der Waals surface area (Å²) in [5, 5.41) is 15.0. The summed E-state index contributed by atoms with van der Waals surface area (Å²) in [5.74, 6) is -0.936. The van der Waals surface area contributed by atoms with Gasteiger partial charge in [-0.25, -0.2) is 9.59 Å². The van der Waals surface area contributed by atoms with E-state index in [1.54, 1.807) is 20.8 Å². The molecular formula is C20H31N3O6. The molecule has 0 saturated carbocycles. The van der Waals surface area contributed by atoms with Crippen LogP contribution in [0.3, 0.4) is 0 Å². The highest BCUT2D eigenvalue weighted by Gasteiger charge is 2.27. The fourth-order valence-corrected chi connectivity index (χ4v) is 2.42. The van der Waals surface area contributed by atoms with Crippen molar-refractivity contribution in [3.63, 3.8) is 0 Å². The quantitative estimate of drug-likeness (QED) is 0.435. The van der Waals surface area contributed by atoms with Crippen LogP contribution in [-0.2, 0) is 20.9 Å². The van der Waals surface area contributed by atoms with Crippen molar-refractivity contribution in [1.82, 2.24) is 10.6 Å². The molecule has 0 spiro atoms. The summed E-state index contributed by atoms with van der Waals surface area (Å²) in [6.07, 6.45) is -1.46. The fraction of sp³-hybridized carbons (Fsp3) is 0.550. The molecule has 0 heterocycles. The van der Waals surface area contributed by atoms with Gasteiger partial charge in [0.2, 0.25) is 5.91 Å². The van der Waals surface area contributed by atoms with Crippen molar-refractivity contribution >= 4 is 18.1 Å². The van der Waals surface area contributed by atoms with Gasteiger partial charge in [-0.15, -0.1) is 0 Å². The molecule has 0 aliphatic carbocycles. The number of rotatable bonds is 10. The highest BCUT2D eigenvalue weighted by Crippen LogP contribution is 2.10. The van der Waals surface area contributed by atoms with Gasteiger partial charge in [0.1, 0.15) is 12.2 Å². The van der Waals surface area contributed by atoms with Gasteiger partial charge in [0, 0.05) is 6.54 Å². The van der Waals surface area contributed by atoms with Crippen LogP contribution in [0, 0.1) is 0 Å².